The molecule has 166 valence electrons. The molecule has 32 heavy (non-hydrogen) atoms. The number of carbonyl (C=O) groups excluding carboxylic acids is 1. The van der Waals surface area contributed by atoms with E-state index in [2.05, 4.69) is 25.3 Å². The Balaban J connectivity index is 1.45. The molecule has 0 spiro atoms. The van der Waals surface area contributed by atoms with Crippen molar-refractivity contribution in [3.8, 4) is 0 Å². The van der Waals surface area contributed by atoms with Crippen LogP contribution in [0, 0.1) is 5.92 Å². The minimum atomic E-state index is -4.45. The maximum Gasteiger partial charge on any atom is 0.405 e. The first-order valence-corrected chi connectivity index (χ1v) is 10.7. The zero-order chi connectivity index (χ0) is 22.5. The number of H-pyrrole nitrogens is 2. The van der Waals surface area contributed by atoms with E-state index in [-0.39, 0.29) is 4.87 Å². The molecule has 8 nitrogen and oxygen atoms in total. The van der Waals surface area contributed by atoms with Gasteiger partial charge in [-0.05, 0) is 43.0 Å². The van der Waals surface area contributed by atoms with Crippen molar-refractivity contribution in [3.63, 3.8) is 0 Å². The number of anilines is 2. The van der Waals surface area contributed by atoms with E-state index in [4.69, 9.17) is 0 Å². The fraction of sp³-hybridized carbons (Fsp3) is 0.300. The van der Waals surface area contributed by atoms with Gasteiger partial charge >= 0.3 is 11.0 Å². The number of nitrogens with one attached hydrogen (secondary N) is 4. The molecule has 0 unspecified atom stereocenters. The van der Waals surface area contributed by atoms with Gasteiger partial charge in [-0.15, -0.1) is 0 Å². The number of alkyl halides is 3. The van der Waals surface area contributed by atoms with Crippen molar-refractivity contribution in [2.24, 2.45) is 5.92 Å². The van der Waals surface area contributed by atoms with Crippen LogP contribution in [0.2, 0.25) is 0 Å². The second-order valence-electron chi connectivity index (χ2n) is 7.65. The van der Waals surface area contributed by atoms with Gasteiger partial charge in [0.05, 0.1) is 15.6 Å². The Morgan fingerprint density at radius 1 is 1.25 bits per heavy atom. The van der Waals surface area contributed by atoms with E-state index in [9.17, 15) is 22.8 Å². The van der Waals surface area contributed by atoms with Gasteiger partial charge in [0.25, 0.3) is 0 Å². The van der Waals surface area contributed by atoms with Crippen molar-refractivity contribution in [3.05, 3.63) is 45.5 Å². The number of halogens is 3. The zero-order valence-electron chi connectivity index (χ0n) is 16.5. The van der Waals surface area contributed by atoms with Crippen molar-refractivity contribution in [1.29, 1.82) is 0 Å². The van der Waals surface area contributed by atoms with Gasteiger partial charge in [0.1, 0.15) is 24.3 Å². The number of hydrogen-bond donors (Lipinski definition) is 4. The summed E-state index contributed by atoms with van der Waals surface area (Å²) >= 11 is 1.10. The second-order valence-corrected chi connectivity index (χ2v) is 8.67. The van der Waals surface area contributed by atoms with Gasteiger partial charge in [-0.3, -0.25) is 9.59 Å². The Morgan fingerprint density at radius 2 is 2.09 bits per heavy atom. The molecule has 0 bridgehead atoms. The van der Waals surface area contributed by atoms with E-state index >= 15 is 0 Å². The van der Waals surface area contributed by atoms with E-state index in [0.717, 1.165) is 38.5 Å². The summed E-state index contributed by atoms with van der Waals surface area (Å²) in [4.78, 5) is 38.4. The molecule has 0 radical (unpaired) electrons. The van der Waals surface area contributed by atoms with Crippen LogP contribution in [0.15, 0.2) is 29.3 Å². The van der Waals surface area contributed by atoms with Gasteiger partial charge in [-0.2, -0.15) is 13.2 Å². The van der Waals surface area contributed by atoms with Crippen LogP contribution in [0.5, 0.6) is 0 Å². The van der Waals surface area contributed by atoms with Crippen molar-refractivity contribution < 1.29 is 18.0 Å². The number of carbonyl (C=O) groups is 1. The smallest absolute Gasteiger partial charge is 0.347 e. The van der Waals surface area contributed by atoms with Crippen LogP contribution in [-0.2, 0) is 17.6 Å². The van der Waals surface area contributed by atoms with E-state index in [1.165, 1.54) is 6.33 Å². The SMILES string of the molecule is O=C(NCC(F)(F)F)[C@H]1CCc2[nH]c3ncnc(Nc4ccc5[nH]c(=O)sc5c4)c3c2C1. The first-order chi connectivity index (χ1) is 15.3. The van der Waals surface area contributed by atoms with Gasteiger partial charge in [0.2, 0.25) is 5.91 Å². The number of aryl methyl sites for hydroxylation is 1. The largest absolute Gasteiger partial charge is 0.405 e. The third-order valence-electron chi connectivity index (χ3n) is 5.49. The summed E-state index contributed by atoms with van der Waals surface area (Å²) in [6.07, 6.45) is -1.77. The molecule has 0 saturated heterocycles. The van der Waals surface area contributed by atoms with Crippen molar-refractivity contribution in [2.45, 2.75) is 25.4 Å². The predicted octanol–water partition coefficient (Wildman–Crippen LogP) is 3.39. The Hall–Kier alpha value is -3.41. The molecule has 3 heterocycles. The fourth-order valence-electron chi connectivity index (χ4n) is 4.05. The summed E-state index contributed by atoms with van der Waals surface area (Å²) in [6, 6.07) is 5.44. The number of aromatic amines is 2. The lowest BCUT2D eigenvalue weighted by molar-refractivity contribution is -0.141. The van der Waals surface area contributed by atoms with Crippen LogP contribution in [0.4, 0.5) is 24.7 Å². The van der Waals surface area contributed by atoms with Crippen LogP contribution in [0.25, 0.3) is 21.3 Å². The third-order valence-corrected chi connectivity index (χ3v) is 6.34. The average molecular weight is 462 g/mol. The maximum atomic E-state index is 12.5. The molecule has 1 amide bonds. The molecule has 0 saturated carbocycles. The molecular formula is C20H17F3N6O2S. The van der Waals surface area contributed by atoms with Gasteiger partial charge in [-0.1, -0.05) is 11.3 Å². The van der Waals surface area contributed by atoms with E-state index in [0.29, 0.717) is 36.1 Å². The van der Waals surface area contributed by atoms with E-state index in [1.54, 1.807) is 6.07 Å². The first kappa shape index (κ1) is 20.5. The van der Waals surface area contributed by atoms with E-state index in [1.807, 2.05) is 17.4 Å². The molecule has 3 aromatic heterocycles. The van der Waals surface area contributed by atoms with Crippen LogP contribution < -0.4 is 15.5 Å². The lowest BCUT2D eigenvalue weighted by atomic mass is 9.86. The number of aromatic nitrogens is 4. The number of benzene rings is 1. The van der Waals surface area contributed by atoms with Crippen LogP contribution >= 0.6 is 11.3 Å². The highest BCUT2D eigenvalue weighted by Gasteiger charge is 2.32. The van der Waals surface area contributed by atoms with Crippen LogP contribution in [0.1, 0.15) is 17.7 Å². The van der Waals surface area contributed by atoms with Crippen molar-refractivity contribution in [1.82, 2.24) is 25.3 Å². The minimum Gasteiger partial charge on any atom is -0.347 e. The maximum absolute atomic E-state index is 12.5. The second kappa shape index (κ2) is 7.62. The van der Waals surface area contributed by atoms with Gasteiger partial charge in [0, 0.05) is 17.3 Å². The summed E-state index contributed by atoms with van der Waals surface area (Å²) < 4.78 is 38.2. The number of thiazole rings is 1. The molecule has 4 aromatic rings. The third kappa shape index (κ3) is 3.93. The number of nitrogens with zero attached hydrogens (tertiary/aromatic N) is 2. The average Bonchev–Trinajstić information content (AvgIpc) is 3.30. The highest BCUT2D eigenvalue weighted by Crippen LogP contribution is 2.35. The summed E-state index contributed by atoms with van der Waals surface area (Å²) in [5.41, 5.74) is 3.79. The number of fused-ring (bicyclic) bond motifs is 4. The predicted molar refractivity (Wildman–Crippen MR) is 114 cm³/mol. The molecule has 0 fully saturated rings. The molecule has 1 aliphatic carbocycles. The highest BCUT2D eigenvalue weighted by atomic mass is 32.1. The first-order valence-electron chi connectivity index (χ1n) is 9.85. The standard InChI is InChI=1S/C20H17F3N6O2S/c21-20(22,23)7-24-18(30)9-1-3-12-11(5-9)15-16(25-8-26-17(15)28-12)27-10-2-4-13-14(6-10)32-19(31)29-13/h2,4,6,8-9H,1,3,5,7H2,(H,24,30)(H,29,31)(H2,25,26,27,28)/t9-/m0/s1. The fourth-order valence-corrected chi connectivity index (χ4v) is 4.83. The summed E-state index contributed by atoms with van der Waals surface area (Å²) in [6.45, 7) is -1.34. The quantitative estimate of drug-likeness (QED) is 0.371. The Labute approximate surface area is 182 Å². The molecule has 12 heteroatoms. The lowest BCUT2D eigenvalue weighted by Crippen LogP contribution is -2.39. The Morgan fingerprint density at radius 3 is 2.91 bits per heavy atom. The normalized spacial score (nSPS) is 16.3. The minimum absolute atomic E-state index is 0.142. The van der Waals surface area contributed by atoms with Gasteiger partial charge in [0.15, 0.2) is 0 Å². The number of rotatable bonds is 4. The lowest BCUT2D eigenvalue weighted by Gasteiger charge is -2.22. The molecule has 5 rings (SSSR count). The van der Waals surface area contributed by atoms with Crippen LogP contribution in [0.3, 0.4) is 0 Å². The monoisotopic (exact) mass is 462 g/mol. The summed E-state index contributed by atoms with van der Waals surface area (Å²) in [5.74, 6) is -0.655. The number of amides is 1. The molecule has 1 atom stereocenters. The molecule has 1 aromatic carbocycles. The van der Waals surface area contributed by atoms with Gasteiger partial charge in [-0.25, -0.2) is 9.97 Å². The molecule has 0 aliphatic heterocycles. The molecule has 4 N–H and O–H groups in total. The Kier molecular flexibility index (Phi) is 4.88. The summed E-state index contributed by atoms with van der Waals surface area (Å²) in [7, 11) is 0. The van der Waals surface area contributed by atoms with Crippen LogP contribution in [-0.4, -0.2) is 38.6 Å². The Bertz CT molecular complexity index is 1390. The van der Waals surface area contributed by atoms with Gasteiger partial charge < -0.3 is 20.6 Å². The molecular weight excluding hydrogens is 445 g/mol. The summed E-state index contributed by atoms with van der Waals surface area (Å²) in [5, 5.41) is 5.94. The van der Waals surface area contributed by atoms with E-state index < -0.39 is 24.5 Å². The van der Waals surface area contributed by atoms with Crippen molar-refractivity contribution in [2.75, 3.05) is 11.9 Å². The topological polar surface area (TPSA) is 116 Å². The molecule has 1 aliphatic rings. The zero-order valence-corrected chi connectivity index (χ0v) is 17.3. The van der Waals surface area contributed by atoms with Crippen molar-refractivity contribution >= 4 is 50.0 Å². The number of hydrogen-bond acceptors (Lipinski definition) is 6. The highest BCUT2D eigenvalue weighted by molar-refractivity contribution is 7.16.